The van der Waals surface area contributed by atoms with Crippen molar-refractivity contribution >= 4 is 11.6 Å². The molecule has 0 atom stereocenters. The zero-order valence-corrected chi connectivity index (χ0v) is 8.26. The van der Waals surface area contributed by atoms with Crippen molar-refractivity contribution in [2.75, 3.05) is 7.11 Å². The summed E-state index contributed by atoms with van der Waals surface area (Å²) in [4.78, 5) is 11.0. The Morgan fingerprint density at radius 2 is 2.27 bits per heavy atom. The summed E-state index contributed by atoms with van der Waals surface area (Å²) in [6.45, 7) is 1.74. The minimum atomic E-state index is -1.05. The van der Waals surface area contributed by atoms with Crippen molar-refractivity contribution in [3.63, 3.8) is 0 Å². The quantitative estimate of drug-likeness (QED) is 0.786. The summed E-state index contributed by atoms with van der Waals surface area (Å²) in [7, 11) is 1.48. The fraction of sp³-hybridized carbons (Fsp3) is 0.222. The van der Waals surface area contributed by atoms with Crippen LogP contribution in [0.25, 0.3) is 5.65 Å². The third kappa shape index (κ3) is 1.39. The summed E-state index contributed by atoms with van der Waals surface area (Å²) in [5, 5.41) is 16.6. The van der Waals surface area contributed by atoms with E-state index in [0.717, 1.165) is 0 Å². The van der Waals surface area contributed by atoms with Gasteiger partial charge in [0.05, 0.1) is 13.3 Å². The Morgan fingerprint density at radius 3 is 2.87 bits per heavy atom. The molecule has 0 spiro atoms. The number of carbonyl (C=O) groups is 1. The first kappa shape index (κ1) is 9.45. The van der Waals surface area contributed by atoms with Crippen LogP contribution in [0.15, 0.2) is 12.3 Å². The molecule has 0 aromatic carbocycles. The Labute approximate surface area is 85.1 Å². The van der Waals surface area contributed by atoms with Crippen molar-refractivity contribution in [1.82, 2.24) is 14.6 Å². The summed E-state index contributed by atoms with van der Waals surface area (Å²) in [6.07, 6.45) is 1.65. The van der Waals surface area contributed by atoms with Crippen molar-refractivity contribution in [2.24, 2.45) is 0 Å². The third-order valence-electron chi connectivity index (χ3n) is 2.12. The maximum atomic E-state index is 11.0. The highest BCUT2D eigenvalue weighted by Gasteiger charge is 2.14. The van der Waals surface area contributed by atoms with Gasteiger partial charge in [-0.25, -0.2) is 4.79 Å². The minimum Gasteiger partial charge on any atom is -0.495 e. The summed E-state index contributed by atoms with van der Waals surface area (Å²) in [5.41, 5.74) is 0.399. The van der Waals surface area contributed by atoms with Gasteiger partial charge in [-0.2, -0.15) is 0 Å². The smallest absolute Gasteiger partial charge is 0.339 e. The number of aryl methyl sites for hydroxylation is 1. The monoisotopic (exact) mass is 207 g/mol. The zero-order chi connectivity index (χ0) is 11.0. The lowest BCUT2D eigenvalue weighted by molar-refractivity contribution is 0.0698. The van der Waals surface area contributed by atoms with E-state index in [1.54, 1.807) is 17.5 Å². The summed E-state index contributed by atoms with van der Waals surface area (Å²) >= 11 is 0. The molecule has 2 aromatic rings. The van der Waals surface area contributed by atoms with Crippen LogP contribution in [0, 0.1) is 6.92 Å². The number of nitrogens with zero attached hydrogens (tertiary/aromatic N) is 3. The number of aromatic nitrogens is 3. The van der Waals surface area contributed by atoms with Crippen LogP contribution in [0.5, 0.6) is 5.75 Å². The molecule has 0 radical (unpaired) electrons. The Bertz CT molecular complexity index is 533. The summed E-state index contributed by atoms with van der Waals surface area (Å²) in [5.74, 6) is 0.0282. The Balaban J connectivity index is 2.82. The summed E-state index contributed by atoms with van der Waals surface area (Å²) < 4.78 is 6.58. The summed E-state index contributed by atoms with van der Waals surface area (Å²) in [6, 6.07) is 1.42. The number of hydrogen-bond acceptors (Lipinski definition) is 4. The molecule has 0 amide bonds. The van der Waals surface area contributed by atoms with E-state index in [1.807, 2.05) is 0 Å². The van der Waals surface area contributed by atoms with E-state index < -0.39 is 5.97 Å². The fourth-order valence-electron chi connectivity index (χ4n) is 1.35. The Hall–Kier alpha value is -2.11. The number of carboxylic acid groups (broad SMARTS) is 1. The molecule has 0 unspecified atom stereocenters. The average molecular weight is 207 g/mol. The highest BCUT2D eigenvalue weighted by molar-refractivity contribution is 5.94. The lowest BCUT2D eigenvalue weighted by Gasteiger charge is -2.03. The van der Waals surface area contributed by atoms with Gasteiger partial charge in [-0.05, 0) is 13.0 Å². The van der Waals surface area contributed by atoms with Crippen molar-refractivity contribution < 1.29 is 14.6 Å². The SMILES string of the molecule is COc1cc(C(=O)O)c2nnc(C)n2c1. The van der Waals surface area contributed by atoms with Crippen LogP contribution in [-0.4, -0.2) is 32.8 Å². The van der Waals surface area contributed by atoms with Crippen molar-refractivity contribution in [3.05, 3.63) is 23.7 Å². The number of ether oxygens (including phenoxy) is 1. The van der Waals surface area contributed by atoms with E-state index in [9.17, 15) is 4.79 Å². The van der Waals surface area contributed by atoms with E-state index in [1.165, 1.54) is 13.2 Å². The number of hydrogen-bond donors (Lipinski definition) is 1. The van der Waals surface area contributed by atoms with Crippen molar-refractivity contribution in [2.45, 2.75) is 6.92 Å². The van der Waals surface area contributed by atoms with E-state index in [-0.39, 0.29) is 5.56 Å². The number of carboxylic acids is 1. The third-order valence-corrected chi connectivity index (χ3v) is 2.12. The molecular weight excluding hydrogens is 198 g/mol. The molecule has 0 fully saturated rings. The molecule has 0 aliphatic carbocycles. The van der Waals surface area contributed by atoms with E-state index in [4.69, 9.17) is 9.84 Å². The van der Waals surface area contributed by atoms with Crippen molar-refractivity contribution in [3.8, 4) is 5.75 Å². The Morgan fingerprint density at radius 1 is 1.53 bits per heavy atom. The fourth-order valence-corrected chi connectivity index (χ4v) is 1.35. The molecule has 2 rings (SSSR count). The topological polar surface area (TPSA) is 76.7 Å². The van der Waals surface area contributed by atoms with Crippen LogP contribution >= 0.6 is 0 Å². The molecule has 0 aliphatic heterocycles. The average Bonchev–Trinajstić information content (AvgIpc) is 2.59. The van der Waals surface area contributed by atoms with E-state index in [0.29, 0.717) is 17.2 Å². The van der Waals surface area contributed by atoms with Gasteiger partial charge >= 0.3 is 5.97 Å². The molecular formula is C9H9N3O3. The highest BCUT2D eigenvalue weighted by atomic mass is 16.5. The van der Waals surface area contributed by atoms with Gasteiger partial charge in [0.15, 0.2) is 5.65 Å². The van der Waals surface area contributed by atoms with Crippen LogP contribution in [0.2, 0.25) is 0 Å². The zero-order valence-electron chi connectivity index (χ0n) is 8.26. The van der Waals surface area contributed by atoms with Gasteiger partial charge in [0.1, 0.15) is 17.1 Å². The number of methoxy groups -OCH3 is 1. The minimum absolute atomic E-state index is 0.0787. The second-order valence-electron chi connectivity index (χ2n) is 3.04. The molecule has 0 aliphatic rings. The van der Waals surface area contributed by atoms with Crippen LogP contribution in [0.3, 0.4) is 0 Å². The van der Waals surface area contributed by atoms with Gasteiger partial charge in [0, 0.05) is 0 Å². The first-order valence-electron chi connectivity index (χ1n) is 4.26. The molecule has 0 saturated heterocycles. The molecule has 15 heavy (non-hydrogen) atoms. The first-order chi connectivity index (χ1) is 7.13. The molecule has 0 bridgehead atoms. The largest absolute Gasteiger partial charge is 0.495 e. The van der Waals surface area contributed by atoms with Gasteiger partial charge in [-0.1, -0.05) is 0 Å². The maximum absolute atomic E-state index is 11.0. The standard InChI is InChI=1S/C9H9N3O3/c1-5-10-11-8-7(9(13)14)3-6(15-2)4-12(5)8/h3-4H,1-2H3,(H,13,14). The van der Waals surface area contributed by atoms with Gasteiger partial charge in [0.25, 0.3) is 0 Å². The van der Waals surface area contributed by atoms with Crippen LogP contribution < -0.4 is 4.74 Å². The Kier molecular flexibility index (Phi) is 2.03. The molecule has 1 N–H and O–H groups in total. The normalized spacial score (nSPS) is 10.5. The highest BCUT2D eigenvalue weighted by Crippen LogP contribution is 2.18. The van der Waals surface area contributed by atoms with Crippen LogP contribution in [0.1, 0.15) is 16.2 Å². The van der Waals surface area contributed by atoms with Gasteiger partial charge in [-0.3, -0.25) is 4.40 Å². The predicted molar refractivity (Wildman–Crippen MR) is 51.2 cm³/mol. The predicted octanol–water partition coefficient (Wildman–Crippen LogP) is 0.745. The van der Waals surface area contributed by atoms with Gasteiger partial charge in [0.2, 0.25) is 0 Å². The van der Waals surface area contributed by atoms with Crippen molar-refractivity contribution in [1.29, 1.82) is 0 Å². The van der Waals surface area contributed by atoms with E-state index in [2.05, 4.69) is 10.2 Å². The number of rotatable bonds is 2. The second kappa shape index (κ2) is 3.23. The molecule has 78 valence electrons. The van der Waals surface area contributed by atoms with Crippen LogP contribution in [-0.2, 0) is 0 Å². The molecule has 6 nitrogen and oxygen atoms in total. The molecule has 0 saturated carbocycles. The van der Waals surface area contributed by atoms with Crippen LogP contribution in [0.4, 0.5) is 0 Å². The number of fused-ring (bicyclic) bond motifs is 1. The number of aromatic carboxylic acids is 1. The first-order valence-corrected chi connectivity index (χ1v) is 4.26. The lowest BCUT2D eigenvalue weighted by atomic mass is 10.2. The number of pyridine rings is 1. The molecule has 2 aromatic heterocycles. The molecule has 6 heteroatoms. The van der Waals surface area contributed by atoms with Gasteiger partial charge < -0.3 is 9.84 Å². The molecule has 2 heterocycles. The van der Waals surface area contributed by atoms with E-state index >= 15 is 0 Å². The van der Waals surface area contributed by atoms with Gasteiger partial charge in [-0.15, -0.1) is 10.2 Å². The second-order valence-corrected chi connectivity index (χ2v) is 3.04. The maximum Gasteiger partial charge on any atom is 0.339 e. The lowest BCUT2D eigenvalue weighted by Crippen LogP contribution is -2.02.